The highest BCUT2D eigenvalue weighted by Crippen LogP contribution is 2.29. The summed E-state index contributed by atoms with van der Waals surface area (Å²) < 4.78 is 29.8. The highest BCUT2D eigenvalue weighted by atomic mass is 19.3. The highest BCUT2D eigenvalue weighted by Gasteiger charge is 2.14. The third-order valence-electron chi connectivity index (χ3n) is 1.99. The van der Waals surface area contributed by atoms with Crippen molar-refractivity contribution >= 4 is 5.78 Å². The van der Waals surface area contributed by atoms with Crippen LogP contribution < -0.4 is 4.74 Å². The number of halogens is 2. The molecule has 82 valence electrons. The lowest BCUT2D eigenvalue weighted by Gasteiger charge is -2.09. The molecule has 0 heterocycles. The molecule has 0 unspecified atom stereocenters. The van der Waals surface area contributed by atoms with E-state index >= 15 is 0 Å². The smallest absolute Gasteiger partial charge is 0.267 e. The van der Waals surface area contributed by atoms with Gasteiger partial charge in [0.1, 0.15) is 11.5 Å². The summed E-state index contributed by atoms with van der Waals surface area (Å²) in [6.45, 7) is 1.45. The summed E-state index contributed by atoms with van der Waals surface area (Å²) in [7, 11) is 1.33. The fourth-order valence-corrected chi connectivity index (χ4v) is 1.33. The number of hydrogen-bond donors (Lipinski definition) is 0. The quantitative estimate of drug-likeness (QED) is 0.770. The second-order valence-electron chi connectivity index (χ2n) is 3.26. The maximum Gasteiger partial charge on any atom is 0.267 e. The number of carbonyl (C=O) groups excluding carboxylic acids is 1. The van der Waals surface area contributed by atoms with Crippen LogP contribution >= 0.6 is 0 Å². The third-order valence-corrected chi connectivity index (χ3v) is 1.99. The van der Waals surface area contributed by atoms with Gasteiger partial charge in [0.25, 0.3) is 6.43 Å². The van der Waals surface area contributed by atoms with Crippen molar-refractivity contribution in [3.63, 3.8) is 0 Å². The molecule has 2 nitrogen and oxygen atoms in total. The predicted octanol–water partition coefficient (Wildman–Crippen LogP) is 2.76. The first kappa shape index (κ1) is 11.6. The molecule has 0 aliphatic rings. The molecule has 0 spiro atoms. The van der Waals surface area contributed by atoms with Crippen molar-refractivity contribution in [3.8, 4) is 5.75 Å². The van der Waals surface area contributed by atoms with E-state index < -0.39 is 6.43 Å². The first-order valence-electron chi connectivity index (χ1n) is 4.49. The van der Waals surface area contributed by atoms with Crippen molar-refractivity contribution in [1.29, 1.82) is 0 Å². The number of Topliss-reactive ketones (excluding diaryl/α,β-unsaturated/α-hetero) is 1. The van der Waals surface area contributed by atoms with E-state index in [1.54, 1.807) is 0 Å². The largest absolute Gasteiger partial charge is 0.496 e. The number of hydrogen-bond acceptors (Lipinski definition) is 2. The van der Waals surface area contributed by atoms with Crippen molar-refractivity contribution < 1.29 is 18.3 Å². The van der Waals surface area contributed by atoms with Crippen LogP contribution in [-0.4, -0.2) is 12.9 Å². The number of ether oxygens (including phenoxy) is 1. The Bertz CT molecular complexity index is 362. The molecule has 4 heteroatoms. The summed E-state index contributed by atoms with van der Waals surface area (Å²) in [5, 5.41) is 0. The van der Waals surface area contributed by atoms with Crippen LogP contribution in [0.15, 0.2) is 18.2 Å². The van der Waals surface area contributed by atoms with Crippen LogP contribution in [0, 0.1) is 0 Å². The lowest BCUT2D eigenvalue weighted by atomic mass is 10.1. The molecule has 0 aromatic heterocycles. The normalized spacial score (nSPS) is 10.5. The summed E-state index contributed by atoms with van der Waals surface area (Å²) in [4.78, 5) is 10.8. The number of carbonyl (C=O) groups is 1. The molecule has 0 radical (unpaired) electrons. The lowest BCUT2D eigenvalue weighted by Crippen LogP contribution is -1.99. The van der Waals surface area contributed by atoms with Crippen molar-refractivity contribution in [1.82, 2.24) is 0 Å². The van der Waals surface area contributed by atoms with E-state index in [1.165, 1.54) is 32.2 Å². The van der Waals surface area contributed by atoms with Gasteiger partial charge >= 0.3 is 0 Å². The van der Waals surface area contributed by atoms with E-state index in [2.05, 4.69) is 0 Å². The van der Waals surface area contributed by atoms with Gasteiger partial charge in [0.15, 0.2) is 0 Å². The SMILES string of the molecule is COc1cc(CC(C)=O)ccc1C(F)F. The van der Waals surface area contributed by atoms with Gasteiger partial charge in [0, 0.05) is 6.42 Å². The molecular weight excluding hydrogens is 202 g/mol. The Morgan fingerprint density at radius 3 is 2.60 bits per heavy atom. The van der Waals surface area contributed by atoms with Crippen LogP contribution in [0.5, 0.6) is 5.75 Å². The molecule has 1 aromatic rings. The number of ketones is 1. The Labute approximate surface area is 86.9 Å². The summed E-state index contributed by atoms with van der Waals surface area (Å²) in [6, 6.07) is 4.29. The van der Waals surface area contributed by atoms with E-state index in [0.717, 1.165) is 0 Å². The van der Waals surface area contributed by atoms with Crippen molar-refractivity contribution in [3.05, 3.63) is 29.3 Å². The molecule has 0 aliphatic heterocycles. The van der Waals surface area contributed by atoms with Gasteiger partial charge < -0.3 is 4.74 Å². The standard InChI is InChI=1S/C11H12F2O2/c1-7(14)5-8-3-4-9(11(12)13)10(6-8)15-2/h3-4,6,11H,5H2,1-2H3. The Balaban J connectivity index is 3.02. The second-order valence-corrected chi connectivity index (χ2v) is 3.26. The van der Waals surface area contributed by atoms with Gasteiger partial charge in [0.2, 0.25) is 0 Å². The summed E-state index contributed by atoms with van der Waals surface area (Å²) in [5.41, 5.74) is 0.536. The third kappa shape index (κ3) is 3.01. The van der Waals surface area contributed by atoms with Gasteiger partial charge in [-0.2, -0.15) is 0 Å². The molecule has 1 aromatic carbocycles. The van der Waals surface area contributed by atoms with Gasteiger partial charge in [0.05, 0.1) is 12.7 Å². The van der Waals surface area contributed by atoms with Crippen LogP contribution in [0.3, 0.4) is 0 Å². The number of methoxy groups -OCH3 is 1. The Morgan fingerprint density at radius 1 is 1.47 bits per heavy atom. The second kappa shape index (κ2) is 4.87. The zero-order valence-electron chi connectivity index (χ0n) is 8.59. The molecule has 1 rings (SSSR count). The Hall–Kier alpha value is -1.45. The van der Waals surface area contributed by atoms with Gasteiger partial charge in [-0.15, -0.1) is 0 Å². The van der Waals surface area contributed by atoms with Crippen LogP contribution in [0.25, 0.3) is 0 Å². The summed E-state index contributed by atoms with van der Waals surface area (Å²) in [6.07, 6.45) is -2.33. The first-order valence-corrected chi connectivity index (χ1v) is 4.49. The monoisotopic (exact) mass is 214 g/mol. The van der Waals surface area contributed by atoms with Crippen molar-refractivity contribution in [2.45, 2.75) is 19.8 Å². The molecular formula is C11H12F2O2. The fourth-order valence-electron chi connectivity index (χ4n) is 1.33. The Kier molecular flexibility index (Phi) is 3.77. The maximum atomic E-state index is 12.5. The summed E-state index contributed by atoms with van der Waals surface area (Å²) in [5.74, 6) is 0.116. The minimum atomic E-state index is -2.56. The van der Waals surface area contributed by atoms with E-state index in [0.29, 0.717) is 5.56 Å². The predicted molar refractivity (Wildman–Crippen MR) is 52.3 cm³/mol. The minimum absolute atomic E-state index is 0.0122. The Morgan fingerprint density at radius 2 is 2.13 bits per heavy atom. The maximum absolute atomic E-state index is 12.5. The molecule has 0 fully saturated rings. The zero-order chi connectivity index (χ0) is 11.4. The highest BCUT2D eigenvalue weighted by molar-refractivity contribution is 5.78. The molecule has 0 bridgehead atoms. The number of benzene rings is 1. The average Bonchev–Trinajstić information content (AvgIpc) is 2.16. The van der Waals surface area contributed by atoms with Gasteiger partial charge in [-0.05, 0) is 24.6 Å². The number of alkyl halides is 2. The minimum Gasteiger partial charge on any atom is -0.496 e. The van der Waals surface area contributed by atoms with E-state index in [1.807, 2.05) is 0 Å². The van der Waals surface area contributed by atoms with E-state index in [-0.39, 0.29) is 23.5 Å². The molecule has 0 amide bonds. The first-order chi connectivity index (χ1) is 7.04. The van der Waals surface area contributed by atoms with Gasteiger partial charge in [-0.1, -0.05) is 6.07 Å². The van der Waals surface area contributed by atoms with Crippen molar-refractivity contribution in [2.24, 2.45) is 0 Å². The molecule has 0 N–H and O–H groups in total. The van der Waals surface area contributed by atoms with Gasteiger partial charge in [-0.3, -0.25) is 4.79 Å². The van der Waals surface area contributed by atoms with Crippen LogP contribution in [0.4, 0.5) is 8.78 Å². The molecule has 0 aliphatic carbocycles. The number of rotatable bonds is 4. The lowest BCUT2D eigenvalue weighted by molar-refractivity contribution is -0.116. The van der Waals surface area contributed by atoms with Crippen LogP contribution in [0.2, 0.25) is 0 Å². The van der Waals surface area contributed by atoms with Crippen molar-refractivity contribution in [2.75, 3.05) is 7.11 Å². The summed E-state index contributed by atoms with van der Waals surface area (Å²) >= 11 is 0. The molecule has 0 saturated carbocycles. The van der Waals surface area contributed by atoms with Gasteiger partial charge in [-0.25, -0.2) is 8.78 Å². The van der Waals surface area contributed by atoms with Crippen LogP contribution in [-0.2, 0) is 11.2 Å². The average molecular weight is 214 g/mol. The molecule has 0 saturated heterocycles. The van der Waals surface area contributed by atoms with Crippen LogP contribution in [0.1, 0.15) is 24.5 Å². The van der Waals surface area contributed by atoms with E-state index in [4.69, 9.17) is 4.74 Å². The fraction of sp³-hybridized carbons (Fsp3) is 0.364. The molecule has 15 heavy (non-hydrogen) atoms. The van der Waals surface area contributed by atoms with E-state index in [9.17, 15) is 13.6 Å². The topological polar surface area (TPSA) is 26.3 Å². The molecule has 0 atom stereocenters. The zero-order valence-corrected chi connectivity index (χ0v) is 8.59.